The Labute approximate surface area is 96.1 Å². The molecule has 1 aliphatic rings. The summed E-state index contributed by atoms with van der Waals surface area (Å²) >= 11 is 0. The summed E-state index contributed by atoms with van der Waals surface area (Å²) < 4.78 is 38.5. The molecule has 0 heterocycles. The SMILES string of the molecule is CC(=O)NC1=C(C(F)(F)F)Cc2ccccc21. The van der Waals surface area contributed by atoms with Crippen LogP contribution in [0.5, 0.6) is 0 Å². The zero-order valence-corrected chi connectivity index (χ0v) is 9.06. The Morgan fingerprint density at radius 1 is 1.29 bits per heavy atom. The maximum absolute atomic E-state index is 12.8. The van der Waals surface area contributed by atoms with Crippen LogP contribution in [0.15, 0.2) is 29.8 Å². The number of carbonyl (C=O) groups is 1. The molecule has 0 fully saturated rings. The zero-order valence-electron chi connectivity index (χ0n) is 9.06. The van der Waals surface area contributed by atoms with Crippen molar-refractivity contribution in [2.24, 2.45) is 0 Å². The van der Waals surface area contributed by atoms with Gasteiger partial charge in [-0.15, -0.1) is 0 Å². The van der Waals surface area contributed by atoms with Crippen LogP contribution in [0.2, 0.25) is 0 Å². The summed E-state index contributed by atoms with van der Waals surface area (Å²) in [5.41, 5.74) is 0.244. The number of alkyl halides is 3. The number of hydrogen-bond donors (Lipinski definition) is 1. The van der Waals surface area contributed by atoms with Gasteiger partial charge >= 0.3 is 6.18 Å². The van der Waals surface area contributed by atoms with Gasteiger partial charge < -0.3 is 5.32 Å². The van der Waals surface area contributed by atoms with E-state index in [2.05, 4.69) is 5.32 Å². The Morgan fingerprint density at radius 2 is 1.94 bits per heavy atom. The van der Waals surface area contributed by atoms with Crippen molar-refractivity contribution in [1.82, 2.24) is 5.32 Å². The Kier molecular flexibility index (Phi) is 2.69. The van der Waals surface area contributed by atoms with Gasteiger partial charge in [-0.1, -0.05) is 24.3 Å². The van der Waals surface area contributed by atoms with Gasteiger partial charge in [0.1, 0.15) is 0 Å². The fourth-order valence-corrected chi connectivity index (χ4v) is 1.92. The van der Waals surface area contributed by atoms with Crippen molar-refractivity contribution < 1.29 is 18.0 Å². The Balaban J connectivity index is 2.51. The molecule has 0 unspecified atom stereocenters. The molecule has 2 rings (SSSR count). The minimum atomic E-state index is -4.42. The molecule has 1 N–H and O–H groups in total. The fourth-order valence-electron chi connectivity index (χ4n) is 1.92. The Hall–Kier alpha value is -1.78. The molecule has 1 amide bonds. The summed E-state index contributed by atoms with van der Waals surface area (Å²) in [4.78, 5) is 11.0. The van der Waals surface area contributed by atoms with E-state index in [1.165, 1.54) is 6.92 Å². The van der Waals surface area contributed by atoms with Crippen molar-refractivity contribution in [3.63, 3.8) is 0 Å². The first-order valence-corrected chi connectivity index (χ1v) is 5.06. The van der Waals surface area contributed by atoms with Crippen molar-refractivity contribution >= 4 is 11.6 Å². The van der Waals surface area contributed by atoms with Crippen molar-refractivity contribution in [3.8, 4) is 0 Å². The lowest BCUT2D eigenvalue weighted by molar-refractivity contribution is -0.117. The van der Waals surface area contributed by atoms with Crippen LogP contribution in [0.25, 0.3) is 5.70 Å². The van der Waals surface area contributed by atoms with Gasteiger partial charge in [0.05, 0.1) is 11.3 Å². The average Bonchev–Trinajstić information content (AvgIpc) is 2.56. The van der Waals surface area contributed by atoms with E-state index in [1.54, 1.807) is 24.3 Å². The number of allylic oxidation sites excluding steroid dienone is 1. The van der Waals surface area contributed by atoms with Gasteiger partial charge in [0, 0.05) is 18.9 Å². The number of amides is 1. The summed E-state index contributed by atoms with van der Waals surface area (Å²) in [5.74, 6) is -0.501. The van der Waals surface area contributed by atoms with Crippen LogP contribution in [0.3, 0.4) is 0 Å². The van der Waals surface area contributed by atoms with E-state index in [-0.39, 0.29) is 12.1 Å². The van der Waals surface area contributed by atoms with Gasteiger partial charge in [-0.2, -0.15) is 13.2 Å². The largest absolute Gasteiger partial charge is 0.415 e. The van der Waals surface area contributed by atoms with Crippen LogP contribution in [-0.4, -0.2) is 12.1 Å². The highest BCUT2D eigenvalue weighted by Gasteiger charge is 2.40. The summed E-state index contributed by atoms with van der Waals surface area (Å²) in [5, 5.41) is 2.28. The highest BCUT2D eigenvalue weighted by molar-refractivity contribution is 5.89. The predicted octanol–water partition coefficient (Wildman–Crippen LogP) is 2.65. The molecule has 5 heteroatoms. The molecule has 0 bridgehead atoms. The van der Waals surface area contributed by atoms with E-state index in [9.17, 15) is 18.0 Å². The molecule has 0 saturated heterocycles. The van der Waals surface area contributed by atoms with Crippen LogP contribution in [-0.2, 0) is 11.2 Å². The number of nitrogens with one attached hydrogen (secondary N) is 1. The highest BCUT2D eigenvalue weighted by Crippen LogP contribution is 2.40. The summed E-state index contributed by atoms with van der Waals surface area (Å²) in [6.07, 6.45) is -4.61. The molecule has 0 saturated carbocycles. The average molecular weight is 241 g/mol. The first-order valence-electron chi connectivity index (χ1n) is 5.06. The minimum absolute atomic E-state index is 0.111. The summed E-state index contributed by atoms with van der Waals surface area (Å²) in [6.45, 7) is 1.20. The normalized spacial score (nSPS) is 14.8. The van der Waals surface area contributed by atoms with Crippen LogP contribution in [0.1, 0.15) is 18.1 Å². The van der Waals surface area contributed by atoms with E-state index in [0.29, 0.717) is 11.1 Å². The van der Waals surface area contributed by atoms with Crippen LogP contribution in [0.4, 0.5) is 13.2 Å². The minimum Gasteiger partial charge on any atom is -0.325 e. The molecular weight excluding hydrogens is 231 g/mol. The molecule has 0 aromatic heterocycles. The second kappa shape index (κ2) is 3.91. The van der Waals surface area contributed by atoms with Crippen LogP contribution < -0.4 is 5.32 Å². The first-order chi connectivity index (χ1) is 7.89. The number of hydrogen-bond acceptors (Lipinski definition) is 1. The van der Waals surface area contributed by atoms with Crippen molar-refractivity contribution in [3.05, 3.63) is 41.0 Å². The third-order valence-electron chi connectivity index (χ3n) is 2.60. The first kappa shape index (κ1) is 11.7. The van der Waals surface area contributed by atoms with Crippen LogP contribution in [0, 0.1) is 0 Å². The van der Waals surface area contributed by atoms with E-state index in [0.717, 1.165) is 0 Å². The second-order valence-corrected chi connectivity index (χ2v) is 3.87. The standard InChI is InChI=1S/C12H10F3NO/c1-7(17)16-11-9-5-3-2-4-8(9)6-10(11)12(13,14)15/h2-5H,6H2,1H3,(H,16,17). The number of fused-ring (bicyclic) bond motifs is 1. The zero-order chi connectivity index (χ0) is 12.6. The van der Waals surface area contributed by atoms with E-state index in [1.807, 2.05) is 0 Å². The molecule has 0 radical (unpaired) electrons. The molecule has 1 aromatic rings. The van der Waals surface area contributed by atoms with Gasteiger partial charge in [0.2, 0.25) is 5.91 Å². The molecule has 17 heavy (non-hydrogen) atoms. The van der Waals surface area contributed by atoms with Gasteiger partial charge in [-0.05, 0) is 5.56 Å². The molecule has 1 aromatic carbocycles. The van der Waals surface area contributed by atoms with Gasteiger partial charge in [0.25, 0.3) is 0 Å². The van der Waals surface area contributed by atoms with Gasteiger partial charge in [0.15, 0.2) is 0 Å². The van der Waals surface area contributed by atoms with E-state index in [4.69, 9.17) is 0 Å². The number of halogens is 3. The molecule has 0 atom stereocenters. The number of carbonyl (C=O) groups excluding carboxylic acids is 1. The van der Waals surface area contributed by atoms with E-state index < -0.39 is 17.7 Å². The lowest BCUT2D eigenvalue weighted by Crippen LogP contribution is -2.22. The van der Waals surface area contributed by atoms with Crippen molar-refractivity contribution in [2.75, 3.05) is 0 Å². The molecule has 0 spiro atoms. The lowest BCUT2D eigenvalue weighted by atomic mass is 10.1. The predicted molar refractivity (Wildman–Crippen MR) is 56.9 cm³/mol. The summed E-state index contributed by atoms with van der Waals surface area (Å²) in [7, 11) is 0. The third-order valence-corrected chi connectivity index (χ3v) is 2.60. The third kappa shape index (κ3) is 2.18. The molecular formula is C12H10F3NO. The maximum atomic E-state index is 12.8. The van der Waals surface area contributed by atoms with Crippen molar-refractivity contribution in [1.29, 1.82) is 0 Å². The lowest BCUT2D eigenvalue weighted by Gasteiger charge is -2.11. The van der Waals surface area contributed by atoms with Crippen molar-refractivity contribution in [2.45, 2.75) is 19.5 Å². The Bertz CT molecular complexity index is 503. The van der Waals surface area contributed by atoms with Crippen LogP contribution >= 0.6 is 0 Å². The number of benzene rings is 1. The monoisotopic (exact) mass is 241 g/mol. The Morgan fingerprint density at radius 3 is 2.53 bits per heavy atom. The fraction of sp³-hybridized carbons (Fsp3) is 0.250. The van der Waals surface area contributed by atoms with Gasteiger partial charge in [-0.25, -0.2) is 0 Å². The van der Waals surface area contributed by atoms with E-state index >= 15 is 0 Å². The highest BCUT2D eigenvalue weighted by atomic mass is 19.4. The van der Waals surface area contributed by atoms with Gasteiger partial charge in [-0.3, -0.25) is 4.79 Å². The smallest absolute Gasteiger partial charge is 0.325 e. The second-order valence-electron chi connectivity index (χ2n) is 3.87. The molecule has 0 aliphatic heterocycles. The number of rotatable bonds is 1. The quantitative estimate of drug-likeness (QED) is 0.804. The summed E-state index contributed by atoms with van der Waals surface area (Å²) in [6, 6.07) is 6.55. The maximum Gasteiger partial charge on any atom is 0.415 e. The molecule has 2 nitrogen and oxygen atoms in total. The molecule has 90 valence electrons. The topological polar surface area (TPSA) is 29.1 Å². The molecule has 1 aliphatic carbocycles.